The van der Waals surface area contributed by atoms with Crippen molar-refractivity contribution in [3.63, 3.8) is 0 Å². The molecular weight excluding hydrogens is 400 g/mol. The van der Waals surface area contributed by atoms with E-state index in [-0.39, 0.29) is 17.4 Å². The molecule has 1 aromatic heterocycles. The van der Waals surface area contributed by atoms with Crippen LogP contribution in [-0.4, -0.2) is 40.0 Å². The molecule has 0 radical (unpaired) electrons. The molecule has 0 saturated heterocycles. The van der Waals surface area contributed by atoms with E-state index in [1.165, 1.54) is 0 Å². The second-order valence-electron chi connectivity index (χ2n) is 8.33. The van der Waals surface area contributed by atoms with Crippen LogP contribution in [-0.2, 0) is 13.0 Å². The molecule has 0 aliphatic rings. The number of rotatable bonds is 9. The molecule has 6 nitrogen and oxygen atoms in total. The molecule has 168 valence electrons. The first-order valence-corrected chi connectivity index (χ1v) is 11.1. The lowest BCUT2D eigenvalue weighted by Crippen LogP contribution is -2.39. The second-order valence-corrected chi connectivity index (χ2v) is 8.33. The van der Waals surface area contributed by atoms with Crippen LogP contribution < -0.4 is 11.3 Å². The lowest BCUT2D eigenvalue weighted by Gasteiger charge is -2.26. The first kappa shape index (κ1) is 23.4. The fraction of sp³-hybridized carbons (Fsp3) is 0.346. The molecule has 0 bridgehead atoms. The van der Waals surface area contributed by atoms with Gasteiger partial charge in [-0.25, -0.2) is 4.98 Å². The van der Waals surface area contributed by atoms with Crippen LogP contribution in [0, 0.1) is 19.8 Å². The number of nitrogens with two attached hydrogens (primary N) is 1. The lowest BCUT2D eigenvalue weighted by molar-refractivity contribution is 0.0736. The third-order valence-electron chi connectivity index (χ3n) is 5.67. The molecule has 6 heteroatoms. The quantitative estimate of drug-likeness (QED) is 0.563. The molecule has 0 spiro atoms. The van der Waals surface area contributed by atoms with Crippen LogP contribution in [0.1, 0.15) is 39.9 Å². The molecule has 1 atom stereocenters. The van der Waals surface area contributed by atoms with Crippen LogP contribution in [0.5, 0.6) is 0 Å². The Labute approximate surface area is 189 Å². The number of aryl methyl sites for hydroxylation is 1. The molecule has 0 aliphatic heterocycles. The number of hydrogen-bond donors (Lipinski definition) is 1. The Morgan fingerprint density at radius 1 is 1.06 bits per heavy atom. The van der Waals surface area contributed by atoms with Gasteiger partial charge in [0.1, 0.15) is 5.82 Å². The Morgan fingerprint density at radius 2 is 1.69 bits per heavy atom. The zero-order chi connectivity index (χ0) is 23.1. The van der Waals surface area contributed by atoms with Gasteiger partial charge in [0.15, 0.2) is 0 Å². The fourth-order valence-electron chi connectivity index (χ4n) is 3.84. The van der Waals surface area contributed by atoms with Crippen molar-refractivity contribution < 1.29 is 4.79 Å². The van der Waals surface area contributed by atoms with E-state index in [2.05, 4.69) is 6.92 Å². The Hall–Kier alpha value is -3.25. The van der Waals surface area contributed by atoms with E-state index >= 15 is 0 Å². The number of carbonyl (C=O) groups excluding carboxylic acids is 1. The molecule has 2 aromatic carbocycles. The number of amides is 1. The molecule has 1 unspecified atom stereocenters. The summed E-state index contributed by atoms with van der Waals surface area (Å²) in [6, 6.07) is 19.2. The Morgan fingerprint density at radius 3 is 2.31 bits per heavy atom. The summed E-state index contributed by atoms with van der Waals surface area (Å²) < 4.78 is 1.76. The van der Waals surface area contributed by atoms with Gasteiger partial charge in [-0.05, 0) is 37.5 Å². The molecule has 32 heavy (non-hydrogen) atoms. The van der Waals surface area contributed by atoms with Gasteiger partial charge in [-0.3, -0.25) is 14.2 Å². The summed E-state index contributed by atoms with van der Waals surface area (Å²) in [5.74, 6) is 0.817. The molecule has 2 N–H and O–H groups in total. The van der Waals surface area contributed by atoms with Crippen molar-refractivity contribution in [3.05, 3.63) is 99.2 Å². The molecule has 1 amide bonds. The average molecular weight is 433 g/mol. The van der Waals surface area contributed by atoms with Crippen LogP contribution >= 0.6 is 0 Å². The van der Waals surface area contributed by atoms with Crippen LogP contribution in [0.3, 0.4) is 0 Å². The van der Waals surface area contributed by atoms with Gasteiger partial charge in [0.05, 0.1) is 6.54 Å². The second kappa shape index (κ2) is 10.9. The van der Waals surface area contributed by atoms with Gasteiger partial charge in [0.25, 0.3) is 11.5 Å². The van der Waals surface area contributed by atoms with E-state index in [9.17, 15) is 9.59 Å². The van der Waals surface area contributed by atoms with E-state index in [4.69, 9.17) is 10.7 Å². The standard InChI is InChI=1S/C26H32N4O2/c1-19(17-29(15-14-27)26(32)23-12-8-5-9-13-23)16-24-28-21(3)20(2)25(31)30(24)18-22-10-6-4-7-11-22/h4-13,19H,14-18,27H2,1-3H3. The van der Waals surface area contributed by atoms with E-state index in [0.717, 1.165) is 17.1 Å². The number of benzene rings is 2. The summed E-state index contributed by atoms with van der Waals surface area (Å²) in [6.45, 7) is 7.67. The summed E-state index contributed by atoms with van der Waals surface area (Å²) in [4.78, 5) is 32.6. The fourth-order valence-corrected chi connectivity index (χ4v) is 3.84. The van der Waals surface area contributed by atoms with Crippen molar-refractivity contribution in [2.75, 3.05) is 19.6 Å². The predicted molar refractivity (Wildman–Crippen MR) is 128 cm³/mol. The zero-order valence-electron chi connectivity index (χ0n) is 19.1. The average Bonchev–Trinajstić information content (AvgIpc) is 2.80. The summed E-state index contributed by atoms with van der Waals surface area (Å²) in [5.41, 5.74) is 8.90. The van der Waals surface area contributed by atoms with Gasteiger partial charge in [-0.15, -0.1) is 0 Å². The molecule has 3 aromatic rings. The van der Waals surface area contributed by atoms with Crippen LogP contribution in [0.4, 0.5) is 0 Å². The third-order valence-corrected chi connectivity index (χ3v) is 5.67. The molecule has 0 fully saturated rings. The molecule has 0 saturated carbocycles. The maximum Gasteiger partial charge on any atom is 0.256 e. The molecule has 1 heterocycles. The normalized spacial score (nSPS) is 11.9. The first-order valence-electron chi connectivity index (χ1n) is 11.1. The Kier molecular flexibility index (Phi) is 7.95. The highest BCUT2D eigenvalue weighted by molar-refractivity contribution is 5.94. The maximum absolute atomic E-state index is 13.1. The number of carbonyl (C=O) groups is 1. The first-order chi connectivity index (χ1) is 15.4. The third kappa shape index (κ3) is 5.71. The molecule has 3 rings (SSSR count). The van der Waals surface area contributed by atoms with Crippen molar-refractivity contribution in [3.8, 4) is 0 Å². The highest BCUT2D eigenvalue weighted by Gasteiger charge is 2.20. The van der Waals surface area contributed by atoms with Crippen LogP contribution in [0.25, 0.3) is 0 Å². The van der Waals surface area contributed by atoms with Crippen molar-refractivity contribution in [2.24, 2.45) is 11.7 Å². The van der Waals surface area contributed by atoms with Crippen molar-refractivity contribution >= 4 is 5.91 Å². The topological polar surface area (TPSA) is 81.2 Å². The summed E-state index contributed by atoms with van der Waals surface area (Å²) in [6.07, 6.45) is 0.590. The predicted octanol–water partition coefficient (Wildman–Crippen LogP) is 3.19. The van der Waals surface area contributed by atoms with E-state index in [1.54, 1.807) is 9.47 Å². The monoisotopic (exact) mass is 432 g/mol. The summed E-state index contributed by atoms with van der Waals surface area (Å²) in [5, 5.41) is 0. The summed E-state index contributed by atoms with van der Waals surface area (Å²) >= 11 is 0. The van der Waals surface area contributed by atoms with Crippen LogP contribution in [0.2, 0.25) is 0 Å². The maximum atomic E-state index is 13.1. The molecule has 0 aliphatic carbocycles. The number of hydrogen-bond acceptors (Lipinski definition) is 4. The Bertz CT molecular complexity index is 1090. The van der Waals surface area contributed by atoms with Crippen molar-refractivity contribution in [1.29, 1.82) is 0 Å². The zero-order valence-corrected chi connectivity index (χ0v) is 19.1. The SMILES string of the molecule is Cc1nc(CC(C)CN(CCN)C(=O)c2ccccc2)n(Cc2ccccc2)c(=O)c1C. The van der Waals surface area contributed by atoms with Crippen molar-refractivity contribution in [1.82, 2.24) is 14.5 Å². The minimum absolute atomic E-state index is 0.0114. The Balaban J connectivity index is 1.83. The minimum atomic E-state index is -0.0300. The van der Waals surface area contributed by atoms with E-state index in [1.807, 2.05) is 74.5 Å². The highest BCUT2D eigenvalue weighted by atomic mass is 16.2. The lowest BCUT2D eigenvalue weighted by atomic mass is 10.0. The smallest absolute Gasteiger partial charge is 0.256 e. The van der Waals surface area contributed by atoms with Crippen molar-refractivity contribution in [2.45, 2.75) is 33.7 Å². The van der Waals surface area contributed by atoms with E-state index < -0.39 is 0 Å². The van der Waals surface area contributed by atoms with Gasteiger partial charge in [0.2, 0.25) is 0 Å². The highest BCUT2D eigenvalue weighted by Crippen LogP contribution is 2.14. The van der Waals surface area contributed by atoms with Crippen LogP contribution in [0.15, 0.2) is 65.5 Å². The minimum Gasteiger partial charge on any atom is -0.337 e. The number of nitrogens with zero attached hydrogens (tertiary/aromatic N) is 3. The van der Waals surface area contributed by atoms with E-state index in [0.29, 0.717) is 43.7 Å². The summed E-state index contributed by atoms with van der Waals surface area (Å²) in [7, 11) is 0. The van der Waals surface area contributed by atoms with Gasteiger partial charge in [-0.2, -0.15) is 0 Å². The molecular formula is C26H32N4O2. The van der Waals surface area contributed by atoms with Gasteiger partial charge in [0, 0.05) is 42.9 Å². The largest absolute Gasteiger partial charge is 0.337 e. The van der Waals surface area contributed by atoms with Gasteiger partial charge in [-0.1, -0.05) is 55.5 Å². The van der Waals surface area contributed by atoms with Gasteiger partial charge >= 0.3 is 0 Å². The van der Waals surface area contributed by atoms with Gasteiger partial charge < -0.3 is 10.6 Å². The number of aromatic nitrogens is 2.